The Morgan fingerprint density at radius 2 is 2.00 bits per heavy atom. The van der Waals surface area contributed by atoms with Gasteiger partial charge >= 0.3 is 0 Å². The van der Waals surface area contributed by atoms with E-state index in [1.807, 2.05) is 6.92 Å². The number of sulfonamides is 1. The second kappa shape index (κ2) is 3.11. The van der Waals surface area contributed by atoms with Gasteiger partial charge in [0.2, 0.25) is 10.0 Å². The lowest BCUT2D eigenvalue weighted by molar-refractivity contribution is 0.542. The molecular formula is C7H15NO2S. The normalized spacial score (nSPS) is 21.6. The Hall–Kier alpha value is -0.0900. The van der Waals surface area contributed by atoms with Gasteiger partial charge < -0.3 is 0 Å². The molecule has 0 aromatic heterocycles. The van der Waals surface area contributed by atoms with Crippen LogP contribution in [0.25, 0.3) is 0 Å². The summed E-state index contributed by atoms with van der Waals surface area (Å²) in [5, 5.41) is -0.185. The Balaban J connectivity index is 2.56. The Kier molecular flexibility index (Phi) is 2.54. The lowest BCUT2D eigenvalue weighted by Gasteiger charge is -2.10. The van der Waals surface area contributed by atoms with Gasteiger partial charge in [-0.25, -0.2) is 8.42 Å². The average molecular weight is 177 g/mol. The molecule has 0 bridgehead atoms. The van der Waals surface area contributed by atoms with Crippen LogP contribution in [0, 0.1) is 0 Å². The molecule has 3 nitrogen and oxygen atoms in total. The van der Waals surface area contributed by atoms with E-state index in [2.05, 4.69) is 0 Å². The summed E-state index contributed by atoms with van der Waals surface area (Å²) in [6.45, 7) is 5.26. The van der Waals surface area contributed by atoms with E-state index in [1.165, 1.54) is 4.31 Å². The standard InChI is InChI=1S/C7H15NO2S/c1-3-4-7(2)11(9,10)8-5-6-8/h7H,3-6H2,1-2H3. The second-order valence-corrected chi connectivity index (χ2v) is 5.39. The van der Waals surface area contributed by atoms with Gasteiger partial charge in [0.15, 0.2) is 0 Å². The molecule has 1 aliphatic heterocycles. The molecule has 1 unspecified atom stereocenters. The summed E-state index contributed by atoms with van der Waals surface area (Å²) in [4.78, 5) is 0. The van der Waals surface area contributed by atoms with Crippen molar-refractivity contribution in [3.05, 3.63) is 0 Å². The number of hydrogen-bond donors (Lipinski definition) is 0. The van der Waals surface area contributed by atoms with E-state index in [4.69, 9.17) is 0 Å². The first-order valence-corrected chi connectivity index (χ1v) is 5.58. The average Bonchev–Trinajstić information content (AvgIpc) is 2.68. The van der Waals surface area contributed by atoms with E-state index in [0.29, 0.717) is 0 Å². The van der Waals surface area contributed by atoms with Crippen molar-refractivity contribution in [1.29, 1.82) is 0 Å². The monoisotopic (exact) mass is 177 g/mol. The molecular weight excluding hydrogens is 162 g/mol. The first kappa shape index (κ1) is 9.00. The zero-order valence-corrected chi connectivity index (χ0v) is 7.89. The Morgan fingerprint density at radius 3 is 2.36 bits per heavy atom. The van der Waals surface area contributed by atoms with Crippen LogP contribution in [0.5, 0.6) is 0 Å². The molecule has 0 aliphatic carbocycles. The van der Waals surface area contributed by atoms with Gasteiger partial charge in [0.05, 0.1) is 5.25 Å². The van der Waals surface area contributed by atoms with Crippen LogP contribution in [-0.2, 0) is 10.0 Å². The Bertz CT molecular complexity index is 219. The van der Waals surface area contributed by atoms with Crippen LogP contribution in [0.3, 0.4) is 0 Å². The summed E-state index contributed by atoms with van der Waals surface area (Å²) >= 11 is 0. The summed E-state index contributed by atoms with van der Waals surface area (Å²) in [5.74, 6) is 0. The van der Waals surface area contributed by atoms with Crippen LogP contribution in [0.4, 0.5) is 0 Å². The maximum Gasteiger partial charge on any atom is 0.216 e. The maximum atomic E-state index is 11.4. The second-order valence-electron chi connectivity index (χ2n) is 3.04. The van der Waals surface area contributed by atoms with Gasteiger partial charge in [0.25, 0.3) is 0 Å². The topological polar surface area (TPSA) is 37.1 Å². The van der Waals surface area contributed by atoms with Crippen molar-refractivity contribution in [3.63, 3.8) is 0 Å². The van der Waals surface area contributed by atoms with Crippen molar-refractivity contribution in [2.45, 2.75) is 31.9 Å². The van der Waals surface area contributed by atoms with Crippen molar-refractivity contribution >= 4 is 10.0 Å². The quantitative estimate of drug-likeness (QED) is 0.596. The molecule has 66 valence electrons. The van der Waals surface area contributed by atoms with E-state index in [9.17, 15) is 8.42 Å². The van der Waals surface area contributed by atoms with Gasteiger partial charge in [-0.15, -0.1) is 0 Å². The summed E-state index contributed by atoms with van der Waals surface area (Å²) in [5.41, 5.74) is 0. The number of rotatable bonds is 4. The molecule has 1 rings (SSSR count). The Morgan fingerprint density at radius 1 is 1.45 bits per heavy atom. The first-order valence-electron chi connectivity index (χ1n) is 4.08. The third-order valence-electron chi connectivity index (χ3n) is 1.97. The fourth-order valence-corrected chi connectivity index (χ4v) is 2.74. The smallest absolute Gasteiger partial charge is 0.212 e. The fraction of sp³-hybridized carbons (Fsp3) is 1.00. The minimum Gasteiger partial charge on any atom is -0.212 e. The van der Waals surface area contributed by atoms with Crippen molar-refractivity contribution < 1.29 is 8.42 Å². The highest BCUT2D eigenvalue weighted by atomic mass is 32.2. The lowest BCUT2D eigenvalue weighted by Crippen LogP contribution is -2.24. The van der Waals surface area contributed by atoms with Crippen molar-refractivity contribution in [1.82, 2.24) is 4.31 Å². The molecule has 4 heteroatoms. The third-order valence-corrected chi connectivity index (χ3v) is 4.31. The number of nitrogens with zero attached hydrogens (tertiary/aromatic N) is 1. The van der Waals surface area contributed by atoms with Gasteiger partial charge in [-0.1, -0.05) is 13.3 Å². The Labute approximate surface area is 68.4 Å². The molecule has 0 radical (unpaired) electrons. The molecule has 1 atom stereocenters. The molecule has 0 amide bonds. The zero-order chi connectivity index (χ0) is 8.48. The van der Waals surface area contributed by atoms with E-state index in [-0.39, 0.29) is 5.25 Å². The van der Waals surface area contributed by atoms with Crippen LogP contribution in [0.15, 0.2) is 0 Å². The highest BCUT2D eigenvalue weighted by molar-refractivity contribution is 7.89. The molecule has 11 heavy (non-hydrogen) atoms. The summed E-state index contributed by atoms with van der Waals surface area (Å²) < 4.78 is 24.4. The fourth-order valence-electron chi connectivity index (χ4n) is 1.11. The van der Waals surface area contributed by atoms with Crippen LogP contribution >= 0.6 is 0 Å². The predicted octanol–water partition coefficient (Wildman–Crippen LogP) is 0.820. The molecule has 1 saturated heterocycles. The van der Waals surface area contributed by atoms with Gasteiger partial charge in [-0.3, -0.25) is 0 Å². The van der Waals surface area contributed by atoms with Gasteiger partial charge in [0.1, 0.15) is 0 Å². The van der Waals surface area contributed by atoms with E-state index >= 15 is 0 Å². The molecule has 1 fully saturated rings. The van der Waals surface area contributed by atoms with E-state index in [0.717, 1.165) is 25.9 Å². The predicted molar refractivity (Wildman–Crippen MR) is 44.9 cm³/mol. The third kappa shape index (κ3) is 1.93. The van der Waals surface area contributed by atoms with Gasteiger partial charge in [-0.05, 0) is 13.3 Å². The summed E-state index contributed by atoms with van der Waals surface area (Å²) in [6, 6.07) is 0. The number of hydrogen-bond acceptors (Lipinski definition) is 2. The zero-order valence-electron chi connectivity index (χ0n) is 7.08. The van der Waals surface area contributed by atoms with Crippen molar-refractivity contribution in [3.8, 4) is 0 Å². The van der Waals surface area contributed by atoms with Crippen LogP contribution < -0.4 is 0 Å². The largest absolute Gasteiger partial charge is 0.216 e. The minimum atomic E-state index is -2.89. The van der Waals surface area contributed by atoms with Gasteiger partial charge in [0, 0.05) is 13.1 Å². The first-order chi connectivity index (χ1) is 5.09. The minimum absolute atomic E-state index is 0.185. The van der Waals surface area contributed by atoms with E-state index in [1.54, 1.807) is 6.92 Å². The molecule has 0 aromatic carbocycles. The van der Waals surface area contributed by atoms with Crippen LogP contribution in [0.1, 0.15) is 26.7 Å². The van der Waals surface area contributed by atoms with Gasteiger partial charge in [-0.2, -0.15) is 4.31 Å². The van der Waals surface area contributed by atoms with Crippen LogP contribution in [-0.4, -0.2) is 31.1 Å². The van der Waals surface area contributed by atoms with Crippen molar-refractivity contribution in [2.24, 2.45) is 0 Å². The molecule has 0 N–H and O–H groups in total. The SMILES string of the molecule is CCCC(C)S(=O)(=O)N1CC1. The molecule has 0 saturated carbocycles. The summed E-state index contributed by atoms with van der Waals surface area (Å²) in [6.07, 6.45) is 1.72. The maximum absolute atomic E-state index is 11.4. The van der Waals surface area contributed by atoms with Crippen molar-refractivity contribution in [2.75, 3.05) is 13.1 Å². The van der Waals surface area contributed by atoms with E-state index < -0.39 is 10.0 Å². The highest BCUT2D eigenvalue weighted by Gasteiger charge is 2.35. The molecule has 0 spiro atoms. The highest BCUT2D eigenvalue weighted by Crippen LogP contribution is 2.19. The molecule has 1 heterocycles. The van der Waals surface area contributed by atoms with Crippen LogP contribution in [0.2, 0.25) is 0 Å². The molecule has 0 aromatic rings. The summed E-state index contributed by atoms with van der Waals surface area (Å²) in [7, 11) is -2.89. The molecule has 1 aliphatic rings. The lowest BCUT2D eigenvalue weighted by atomic mass is 10.3.